The first-order valence-corrected chi connectivity index (χ1v) is 6.40. The third-order valence-corrected chi connectivity index (χ3v) is 2.97. The van der Waals surface area contributed by atoms with Gasteiger partial charge in [0.15, 0.2) is 0 Å². The zero-order valence-electron chi connectivity index (χ0n) is 9.73. The van der Waals surface area contributed by atoms with Gasteiger partial charge in [0, 0.05) is 4.47 Å². The summed E-state index contributed by atoms with van der Waals surface area (Å²) in [5.74, 6) is 0. The van der Waals surface area contributed by atoms with Gasteiger partial charge < -0.3 is 5.32 Å². The van der Waals surface area contributed by atoms with E-state index in [1.54, 1.807) is 4.68 Å². The summed E-state index contributed by atoms with van der Waals surface area (Å²) in [5.41, 5.74) is 2.05. The fraction of sp³-hybridized carbons (Fsp3) is 0.333. The predicted octanol–water partition coefficient (Wildman–Crippen LogP) is 2.18. The summed E-state index contributed by atoms with van der Waals surface area (Å²) < 4.78 is 2.85. The summed E-state index contributed by atoms with van der Waals surface area (Å²) in [6.07, 6.45) is 4.01. The highest BCUT2D eigenvalue weighted by Crippen LogP contribution is 2.14. The molecule has 0 aliphatic heterocycles. The van der Waals surface area contributed by atoms with Gasteiger partial charge in [-0.05, 0) is 44.6 Å². The molecule has 0 saturated carbocycles. The van der Waals surface area contributed by atoms with Gasteiger partial charge in [0.1, 0.15) is 0 Å². The highest BCUT2D eigenvalue weighted by Gasteiger charge is 2.02. The third-order valence-electron chi connectivity index (χ3n) is 2.47. The summed E-state index contributed by atoms with van der Waals surface area (Å²) in [5, 5.41) is 11.4. The molecule has 1 aromatic heterocycles. The highest BCUT2D eigenvalue weighted by atomic mass is 79.9. The Morgan fingerprint density at radius 1 is 1.41 bits per heavy atom. The van der Waals surface area contributed by atoms with E-state index in [9.17, 15) is 0 Å². The molecule has 2 rings (SSSR count). The molecular formula is C12H15BrN4. The van der Waals surface area contributed by atoms with Crippen molar-refractivity contribution in [3.63, 3.8) is 0 Å². The van der Waals surface area contributed by atoms with Gasteiger partial charge in [-0.2, -0.15) is 0 Å². The van der Waals surface area contributed by atoms with Crippen LogP contribution in [0.5, 0.6) is 0 Å². The lowest BCUT2D eigenvalue weighted by molar-refractivity contribution is 0.712. The van der Waals surface area contributed by atoms with E-state index in [0.29, 0.717) is 0 Å². The van der Waals surface area contributed by atoms with Gasteiger partial charge in [0.25, 0.3) is 0 Å². The van der Waals surface area contributed by atoms with Gasteiger partial charge in [0.2, 0.25) is 0 Å². The summed E-state index contributed by atoms with van der Waals surface area (Å²) in [6.45, 7) is 1.00. The molecule has 0 amide bonds. The largest absolute Gasteiger partial charge is 0.320 e. The van der Waals surface area contributed by atoms with Gasteiger partial charge in [-0.15, -0.1) is 5.10 Å². The highest BCUT2D eigenvalue weighted by molar-refractivity contribution is 9.10. The van der Waals surface area contributed by atoms with Gasteiger partial charge in [-0.3, -0.25) is 0 Å². The van der Waals surface area contributed by atoms with Crippen LogP contribution in [0.2, 0.25) is 0 Å². The second kappa shape index (κ2) is 5.93. The molecule has 5 heteroatoms. The van der Waals surface area contributed by atoms with Crippen molar-refractivity contribution in [2.45, 2.75) is 12.8 Å². The first-order valence-electron chi connectivity index (χ1n) is 5.61. The van der Waals surface area contributed by atoms with Crippen LogP contribution in [-0.4, -0.2) is 28.6 Å². The third kappa shape index (κ3) is 3.38. The van der Waals surface area contributed by atoms with E-state index in [-0.39, 0.29) is 0 Å². The Balaban J connectivity index is 2.07. The zero-order valence-corrected chi connectivity index (χ0v) is 11.3. The van der Waals surface area contributed by atoms with Crippen LogP contribution >= 0.6 is 15.9 Å². The molecular weight excluding hydrogens is 280 g/mol. The van der Waals surface area contributed by atoms with Crippen LogP contribution in [0.15, 0.2) is 34.9 Å². The Bertz CT molecular complexity index is 481. The number of rotatable bonds is 5. The van der Waals surface area contributed by atoms with E-state index in [0.717, 1.165) is 35.2 Å². The van der Waals surface area contributed by atoms with Crippen LogP contribution in [0.3, 0.4) is 0 Å². The normalized spacial score (nSPS) is 10.7. The van der Waals surface area contributed by atoms with Crippen LogP contribution < -0.4 is 5.32 Å². The number of aryl methyl sites for hydroxylation is 1. The molecule has 0 spiro atoms. The summed E-state index contributed by atoms with van der Waals surface area (Å²) in [7, 11) is 1.96. The predicted molar refractivity (Wildman–Crippen MR) is 71.3 cm³/mol. The van der Waals surface area contributed by atoms with Crippen LogP contribution in [0.4, 0.5) is 0 Å². The van der Waals surface area contributed by atoms with Crippen molar-refractivity contribution in [2.24, 2.45) is 0 Å². The monoisotopic (exact) mass is 294 g/mol. The van der Waals surface area contributed by atoms with Crippen molar-refractivity contribution in [3.8, 4) is 5.69 Å². The topological polar surface area (TPSA) is 42.7 Å². The Hall–Kier alpha value is -1.20. The molecule has 90 valence electrons. The maximum absolute atomic E-state index is 4.16. The number of hydrogen-bond donors (Lipinski definition) is 1. The molecule has 0 atom stereocenters. The molecule has 4 nitrogen and oxygen atoms in total. The van der Waals surface area contributed by atoms with Gasteiger partial charge >= 0.3 is 0 Å². The first-order chi connectivity index (χ1) is 8.29. The molecule has 1 N–H and O–H groups in total. The molecule has 1 aromatic carbocycles. The number of halogens is 1. The van der Waals surface area contributed by atoms with Crippen LogP contribution in [0.25, 0.3) is 5.69 Å². The van der Waals surface area contributed by atoms with Crippen molar-refractivity contribution in [3.05, 3.63) is 40.6 Å². The van der Waals surface area contributed by atoms with Gasteiger partial charge in [-0.1, -0.05) is 27.2 Å². The average molecular weight is 295 g/mol. The zero-order chi connectivity index (χ0) is 12.1. The van der Waals surface area contributed by atoms with E-state index >= 15 is 0 Å². The number of aromatic nitrogens is 3. The van der Waals surface area contributed by atoms with Gasteiger partial charge in [-0.25, -0.2) is 4.68 Å². The molecule has 2 aromatic rings. The maximum Gasteiger partial charge on any atom is 0.0832 e. The average Bonchev–Trinajstić information content (AvgIpc) is 2.78. The number of hydrogen-bond acceptors (Lipinski definition) is 3. The standard InChI is InChI=1S/C12H15BrN4/c1-14-7-3-5-11-9-17(16-15-11)12-6-2-4-10(13)8-12/h2,4,6,8-9,14H,3,5,7H2,1H3. The molecule has 0 unspecified atom stereocenters. The SMILES string of the molecule is CNCCCc1cn(-c2cccc(Br)c2)nn1. The first kappa shape index (κ1) is 12.3. The molecule has 1 heterocycles. The number of nitrogens with one attached hydrogen (secondary N) is 1. The molecule has 17 heavy (non-hydrogen) atoms. The molecule has 0 saturated heterocycles. The van der Waals surface area contributed by atoms with Crippen molar-refractivity contribution < 1.29 is 0 Å². The molecule has 0 aliphatic rings. The van der Waals surface area contributed by atoms with Crippen LogP contribution in [0.1, 0.15) is 12.1 Å². The van der Waals surface area contributed by atoms with Crippen LogP contribution in [-0.2, 0) is 6.42 Å². The van der Waals surface area contributed by atoms with E-state index in [4.69, 9.17) is 0 Å². The molecule has 0 bridgehead atoms. The fourth-order valence-corrected chi connectivity index (χ4v) is 1.99. The van der Waals surface area contributed by atoms with Crippen molar-refractivity contribution in [1.82, 2.24) is 20.3 Å². The van der Waals surface area contributed by atoms with Crippen molar-refractivity contribution in [2.75, 3.05) is 13.6 Å². The molecule has 0 fully saturated rings. The van der Waals surface area contributed by atoms with Crippen molar-refractivity contribution >= 4 is 15.9 Å². The quantitative estimate of drug-likeness (QED) is 0.860. The fourth-order valence-electron chi connectivity index (χ4n) is 1.60. The number of benzene rings is 1. The summed E-state index contributed by atoms with van der Waals surface area (Å²) in [6, 6.07) is 8.01. The Morgan fingerprint density at radius 3 is 3.06 bits per heavy atom. The minimum Gasteiger partial charge on any atom is -0.320 e. The number of nitrogens with zero attached hydrogens (tertiary/aromatic N) is 3. The second-order valence-electron chi connectivity index (χ2n) is 3.84. The smallest absolute Gasteiger partial charge is 0.0832 e. The second-order valence-corrected chi connectivity index (χ2v) is 4.76. The lowest BCUT2D eigenvalue weighted by Gasteiger charge is -1.99. The summed E-state index contributed by atoms with van der Waals surface area (Å²) >= 11 is 3.45. The summed E-state index contributed by atoms with van der Waals surface area (Å²) in [4.78, 5) is 0. The molecule has 0 radical (unpaired) electrons. The minimum absolute atomic E-state index is 0.953. The molecule has 0 aliphatic carbocycles. The van der Waals surface area contributed by atoms with Crippen LogP contribution in [0, 0.1) is 0 Å². The minimum atomic E-state index is 0.953. The lowest BCUT2D eigenvalue weighted by atomic mass is 10.2. The lowest BCUT2D eigenvalue weighted by Crippen LogP contribution is -2.08. The maximum atomic E-state index is 4.16. The van der Waals surface area contributed by atoms with E-state index in [2.05, 4.69) is 31.6 Å². The van der Waals surface area contributed by atoms with Crippen molar-refractivity contribution in [1.29, 1.82) is 0 Å². The Labute approximate surface area is 109 Å². The van der Waals surface area contributed by atoms with E-state index in [1.165, 1.54) is 0 Å². The Kier molecular flexibility index (Phi) is 4.28. The van der Waals surface area contributed by atoms with Gasteiger partial charge in [0.05, 0.1) is 17.6 Å². The van der Waals surface area contributed by atoms with E-state index < -0.39 is 0 Å². The van der Waals surface area contributed by atoms with E-state index in [1.807, 2.05) is 37.5 Å². The Morgan fingerprint density at radius 2 is 2.29 bits per heavy atom.